The van der Waals surface area contributed by atoms with Crippen LogP contribution in [0.3, 0.4) is 0 Å². The Morgan fingerprint density at radius 1 is 1.05 bits per heavy atom. The van der Waals surface area contributed by atoms with Crippen molar-refractivity contribution in [1.82, 2.24) is 0 Å². The van der Waals surface area contributed by atoms with Gasteiger partial charge < -0.3 is 19.7 Å². The van der Waals surface area contributed by atoms with Gasteiger partial charge in [-0.1, -0.05) is 12.1 Å². The van der Waals surface area contributed by atoms with Crippen molar-refractivity contribution in [3.05, 3.63) is 58.3 Å². The molecule has 0 aliphatic carbocycles. The highest BCUT2D eigenvalue weighted by molar-refractivity contribution is 5.90. The molecule has 0 bridgehead atoms. The van der Waals surface area contributed by atoms with Crippen LogP contribution in [0.5, 0.6) is 11.5 Å². The van der Waals surface area contributed by atoms with Crippen molar-refractivity contribution in [1.29, 1.82) is 0 Å². The Labute approximate surface area is 123 Å². The zero-order valence-electron chi connectivity index (χ0n) is 11.1. The van der Waals surface area contributed by atoms with Crippen LogP contribution >= 0.6 is 0 Å². The summed E-state index contributed by atoms with van der Waals surface area (Å²) >= 11 is 0. The van der Waals surface area contributed by atoms with Gasteiger partial charge in [0.15, 0.2) is 5.43 Å². The van der Waals surface area contributed by atoms with Gasteiger partial charge in [0.2, 0.25) is 0 Å². The number of carboxylic acids is 1. The number of phenols is 2. The Balaban J connectivity index is 2.27. The normalized spacial score (nSPS) is 10.7. The molecule has 2 aromatic carbocycles. The number of carbonyl (C=O) groups is 1. The predicted octanol–water partition coefficient (Wildman–Crippen LogP) is 2.57. The van der Waals surface area contributed by atoms with E-state index in [-0.39, 0.29) is 33.8 Å². The van der Waals surface area contributed by atoms with E-state index in [1.165, 1.54) is 30.3 Å². The van der Waals surface area contributed by atoms with Gasteiger partial charge in [-0.05, 0) is 12.1 Å². The molecule has 0 amide bonds. The Morgan fingerprint density at radius 2 is 1.82 bits per heavy atom. The summed E-state index contributed by atoms with van der Waals surface area (Å²) in [5, 5.41) is 28.1. The lowest BCUT2D eigenvalue weighted by atomic mass is 10.1. The monoisotopic (exact) mass is 298 g/mol. The summed E-state index contributed by atoms with van der Waals surface area (Å²) in [4.78, 5) is 23.1. The van der Waals surface area contributed by atoms with Crippen molar-refractivity contribution in [2.75, 3.05) is 0 Å². The van der Waals surface area contributed by atoms with E-state index < -0.39 is 11.4 Å². The van der Waals surface area contributed by atoms with Crippen LogP contribution in [0.15, 0.2) is 51.7 Å². The molecule has 0 radical (unpaired) electrons. The van der Waals surface area contributed by atoms with Gasteiger partial charge >= 0.3 is 5.97 Å². The predicted molar refractivity (Wildman–Crippen MR) is 78.2 cm³/mol. The molecular weight excluding hydrogens is 288 g/mol. The fraction of sp³-hybridized carbons (Fsp3) is 0. The molecule has 0 spiro atoms. The molecule has 3 aromatic rings. The van der Waals surface area contributed by atoms with Crippen LogP contribution in [0.25, 0.3) is 22.3 Å². The first-order valence-corrected chi connectivity index (χ1v) is 6.29. The summed E-state index contributed by atoms with van der Waals surface area (Å²) in [7, 11) is 0. The highest BCUT2D eigenvalue weighted by Gasteiger charge is 2.13. The van der Waals surface area contributed by atoms with Crippen molar-refractivity contribution in [2.45, 2.75) is 0 Å². The summed E-state index contributed by atoms with van der Waals surface area (Å²) in [5.74, 6) is -1.58. The van der Waals surface area contributed by atoms with Gasteiger partial charge in [-0.25, -0.2) is 4.79 Å². The van der Waals surface area contributed by atoms with E-state index in [2.05, 4.69) is 0 Å². The smallest absolute Gasteiger partial charge is 0.335 e. The topological polar surface area (TPSA) is 108 Å². The van der Waals surface area contributed by atoms with Crippen LogP contribution in [0.1, 0.15) is 10.4 Å². The van der Waals surface area contributed by atoms with Crippen LogP contribution in [0.4, 0.5) is 0 Å². The molecule has 6 heteroatoms. The first-order chi connectivity index (χ1) is 10.5. The minimum atomic E-state index is -1.10. The van der Waals surface area contributed by atoms with Crippen molar-refractivity contribution in [2.24, 2.45) is 0 Å². The average Bonchev–Trinajstić information content (AvgIpc) is 2.46. The zero-order chi connectivity index (χ0) is 15.9. The lowest BCUT2D eigenvalue weighted by Gasteiger charge is -2.06. The molecule has 0 fully saturated rings. The van der Waals surface area contributed by atoms with Crippen LogP contribution in [-0.4, -0.2) is 21.3 Å². The third-order valence-electron chi connectivity index (χ3n) is 3.19. The first kappa shape index (κ1) is 13.7. The number of aromatic hydroxyl groups is 2. The van der Waals surface area contributed by atoms with Gasteiger partial charge in [-0.2, -0.15) is 0 Å². The van der Waals surface area contributed by atoms with E-state index in [0.717, 1.165) is 6.07 Å². The molecule has 0 saturated heterocycles. The van der Waals surface area contributed by atoms with Crippen LogP contribution in [0, 0.1) is 0 Å². The Kier molecular flexibility index (Phi) is 3.06. The molecule has 0 unspecified atom stereocenters. The third-order valence-corrected chi connectivity index (χ3v) is 3.19. The minimum absolute atomic E-state index is 0.0146. The SMILES string of the molecule is O=C(O)c1cccc(-c2cc(=O)c3c(O)cc(O)cc3o2)c1. The fourth-order valence-corrected chi connectivity index (χ4v) is 2.20. The van der Waals surface area contributed by atoms with Crippen LogP contribution in [-0.2, 0) is 0 Å². The zero-order valence-corrected chi connectivity index (χ0v) is 11.1. The van der Waals surface area contributed by atoms with Gasteiger partial charge in [0, 0.05) is 23.8 Å². The Morgan fingerprint density at radius 3 is 2.55 bits per heavy atom. The molecule has 1 aromatic heterocycles. The van der Waals surface area contributed by atoms with Gasteiger partial charge in [0.1, 0.15) is 28.2 Å². The fourth-order valence-electron chi connectivity index (χ4n) is 2.20. The van der Waals surface area contributed by atoms with Crippen molar-refractivity contribution >= 4 is 16.9 Å². The maximum absolute atomic E-state index is 12.1. The summed E-state index contributed by atoms with van der Waals surface area (Å²) in [5.41, 5.74) is -0.0176. The molecule has 110 valence electrons. The number of rotatable bonds is 2. The van der Waals surface area contributed by atoms with Crippen molar-refractivity contribution in [3.63, 3.8) is 0 Å². The second kappa shape index (κ2) is 4.92. The summed E-state index contributed by atoms with van der Waals surface area (Å²) in [6, 6.07) is 9.34. The second-order valence-corrected chi connectivity index (χ2v) is 4.70. The number of hydrogen-bond acceptors (Lipinski definition) is 5. The summed E-state index contributed by atoms with van der Waals surface area (Å²) in [6.07, 6.45) is 0. The number of benzene rings is 2. The molecule has 3 N–H and O–H groups in total. The van der Waals surface area contributed by atoms with E-state index in [1.807, 2.05) is 0 Å². The van der Waals surface area contributed by atoms with E-state index >= 15 is 0 Å². The largest absolute Gasteiger partial charge is 0.508 e. The summed E-state index contributed by atoms with van der Waals surface area (Å²) in [6.45, 7) is 0. The van der Waals surface area contributed by atoms with Gasteiger partial charge in [0.05, 0.1) is 5.56 Å². The highest BCUT2D eigenvalue weighted by Crippen LogP contribution is 2.30. The summed E-state index contributed by atoms with van der Waals surface area (Å²) < 4.78 is 5.51. The lowest BCUT2D eigenvalue weighted by Crippen LogP contribution is -2.01. The third kappa shape index (κ3) is 2.26. The highest BCUT2D eigenvalue weighted by atomic mass is 16.4. The molecule has 0 saturated carbocycles. The standard InChI is InChI=1S/C16H10O6/c17-10-5-11(18)15-12(19)7-13(22-14(15)6-10)8-2-1-3-9(4-8)16(20)21/h1-7,17-18H,(H,20,21). The van der Waals surface area contributed by atoms with E-state index in [0.29, 0.717) is 5.56 Å². The van der Waals surface area contributed by atoms with E-state index in [4.69, 9.17) is 9.52 Å². The molecule has 0 aliphatic rings. The molecule has 6 nitrogen and oxygen atoms in total. The van der Waals surface area contributed by atoms with Gasteiger partial charge in [0.25, 0.3) is 0 Å². The number of fused-ring (bicyclic) bond motifs is 1. The maximum Gasteiger partial charge on any atom is 0.335 e. The number of carboxylic acid groups (broad SMARTS) is 1. The van der Waals surface area contributed by atoms with E-state index in [9.17, 15) is 19.8 Å². The number of aromatic carboxylic acids is 1. The minimum Gasteiger partial charge on any atom is -0.508 e. The van der Waals surface area contributed by atoms with Crippen LogP contribution in [0.2, 0.25) is 0 Å². The maximum atomic E-state index is 12.1. The Bertz CT molecular complexity index is 954. The molecule has 0 aliphatic heterocycles. The quantitative estimate of drug-likeness (QED) is 0.671. The van der Waals surface area contributed by atoms with Gasteiger partial charge in [-0.3, -0.25) is 4.79 Å². The Hall–Kier alpha value is -3.28. The van der Waals surface area contributed by atoms with Crippen molar-refractivity contribution in [3.8, 4) is 22.8 Å². The van der Waals surface area contributed by atoms with E-state index in [1.54, 1.807) is 6.07 Å². The number of hydrogen-bond donors (Lipinski definition) is 3. The average molecular weight is 298 g/mol. The van der Waals surface area contributed by atoms with Gasteiger partial charge in [-0.15, -0.1) is 0 Å². The first-order valence-electron chi connectivity index (χ1n) is 6.29. The molecule has 3 rings (SSSR count). The molecule has 1 heterocycles. The lowest BCUT2D eigenvalue weighted by molar-refractivity contribution is 0.0697. The number of phenolic OH excluding ortho intramolecular Hbond substituents is 2. The molecule has 22 heavy (non-hydrogen) atoms. The second-order valence-electron chi connectivity index (χ2n) is 4.70. The molecule has 0 atom stereocenters. The van der Waals surface area contributed by atoms with Crippen molar-refractivity contribution < 1.29 is 24.5 Å². The van der Waals surface area contributed by atoms with Crippen LogP contribution < -0.4 is 5.43 Å². The molecular formula is C16H10O6.